The van der Waals surface area contributed by atoms with E-state index in [2.05, 4.69) is 39.1 Å². The number of hydrogen-bond acceptors (Lipinski definition) is 5. The van der Waals surface area contributed by atoms with E-state index in [1.54, 1.807) is 0 Å². The molecule has 26 heavy (non-hydrogen) atoms. The molecule has 0 unspecified atom stereocenters. The summed E-state index contributed by atoms with van der Waals surface area (Å²) in [5, 5.41) is 8.51. The molecule has 1 atom stereocenters. The number of aromatic nitrogens is 2. The molecular weight excluding hydrogens is 414 g/mol. The van der Waals surface area contributed by atoms with Gasteiger partial charge in [0.25, 0.3) is 5.22 Å². The fraction of sp³-hybridized carbons (Fsp3) is 0.211. The number of para-hydroxylation sites is 1. The van der Waals surface area contributed by atoms with Crippen molar-refractivity contribution in [2.45, 2.75) is 24.6 Å². The van der Waals surface area contributed by atoms with Gasteiger partial charge in [-0.3, -0.25) is 4.79 Å². The van der Waals surface area contributed by atoms with E-state index in [0.29, 0.717) is 11.1 Å². The summed E-state index contributed by atoms with van der Waals surface area (Å²) in [6, 6.07) is 15.9. The van der Waals surface area contributed by atoms with Crippen LogP contribution in [-0.2, 0) is 11.2 Å². The zero-order valence-electron chi connectivity index (χ0n) is 14.1. The fourth-order valence-electron chi connectivity index (χ4n) is 3.14. The smallest absolute Gasteiger partial charge is 0.277 e. The number of anilines is 1. The Morgan fingerprint density at radius 2 is 2.12 bits per heavy atom. The molecule has 0 aliphatic carbocycles. The highest BCUT2D eigenvalue weighted by atomic mass is 79.9. The van der Waals surface area contributed by atoms with E-state index >= 15 is 0 Å². The standard InChI is InChI=1S/C19H16BrN3O2S/c1-12-9-13-5-2-3-8-16(13)23(12)17(24)11-26-19-22-21-18(25-19)14-6-4-7-15(20)10-14/h2-8,10,12H,9,11H2,1H3/t12-/m0/s1. The predicted molar refractivity (Wildman–Crippen MR) is 105 cm³/mol. The molecule has 5 nitrogen and oxygen atoms in total. The molecular formula is C19H16BrN3O2S. The molecule has 2 heterocycles. The first-order valence-electron chi connectivity index (χ1n) is 8.24. The number of fused-ring (bicyclic) bond motifs is 1. The van der Waals surface area contributed by atoms with E-state index in [0.717, 1.165) is 22.1 Å². The first-order valence-corrected chi connectivity index (χ1v) is 10.0. The van der Waals surface area contributed by atoms with Crippen molar-refractivity contribution in [2.24, 2.45) is 0 Å². The molecule has 3 aromatic rings. The lowest BCUT2D eigenvalue weighted by atomic mass is 10.1. The first kappa shape index (κ1) is 17.3. The van der Waals surface area contributed by atoms with Crippen molar-refractivity contribution in [1.29, 1.82) is 0 Å². The predicted octanol–water partition coefficient (Wildman–Crippen LogP) is 4.57. The van der Waals surface area contributed by atoms with Crippen LogP contribution in [0.4, 0.5) is 5.69 Å². The third-order valence-corrected chi connectivity index (χ3v) is 5.57. The molecule has 0 spiro atoms. The minimum atomic E-state index is 0.0506. The molecule has 0 bridgehead atoms. The number of carbonyl (C=O) groups is 1. The van der Waals surface area contributed by atoms with Gasteiger partial charge in [0.1, 0.15) is 0 Å². The van der Waals surface area contributed by atoms with Gasteiger partial charge in [0.2, 0.25) is 11.8 Å². The topological polar surface area (TPSA) is 59.2 Å². The number of hydrogen-bond donors (Lipinski definition) is 0. The Balaban J connectivity index is 1.44. The molecule has 1 aliphatic rings. The van der Waals surface area contributed by atoms with Gasteiger partial charge in [0, 0.05) is 21.8 Å². The SMILES string of the molecule is C[C@H]1Cc2ccccc2N1C(=O)CSc1nnc(-c2cccc(Br)c2)o1. The monoisotopic (exact) mass is 429 g/mol. The number of thioether (sulfide) groups is 1. The molecule has 132 valence electrons. The number of halogens is 1. The minimum absolute atomic E-state index is 0.0506. The molecule has 1 amide bonds. The lowest BCUT2D eigenvalue weighted by molar-refractivity contribution is -0.116. The normalized spacial score (nSPS) is 15.9. The van der Waals surface area contributed by atoms with Gasteiger partial charge >= 0.3 is 0 Å². The van der Waals surface area contributed by atoms with Crippen molar-refractivity contribution in [1.82, 2.24) is 10.2 Å². The Labute approximate surface area is 163 Å². The van der Waals surface area contributed by atoms with E-state index in [1.165, 1.54) is 17.3 Å². The van der Waals surface area contributed by atoms with Gasteiger partial charge in [-0.2, -0.15) is 0 Å². The third kappa shape index (κ3) is 3.41. The minimum Gasteiger partial charge on any atom is -0.411 e. The lowest BCUT2D eigenvalue weighted by Crippen LogP contribution is -2.36. The second-order valence-corrected chi connectivity index (χ2v) is 7.96. The number of amides is 1. The summed E-state index contributed by atoms with van der Waals surface area (Å²) in [5.74, 6) is 0.759. The Bertz CT molecular complexity index is 959. The zero-order chi connectivity index (χ0) is 18.1. The molecule has 1 aromatic heterocycles. The van der Waals surface area contributed by atoms with Gasteiger partial charge in [0.05, 0.1) is 5.75 Å². The summed E-state index contributed by atoms with van der Waals surface area (Å²) in [7, 11) is 0. The molecule has 4 rings (SSSR count). The Kier molecular flexibility index (Phi) is 4.82. The zero-order valence-corrected chi connectivity index (χ0v) is 16.5. The van der Waals surface area contributed by atoms with Crippen LogP contribution in [0.3, 0.4) is 0 Å². The van der Waals surface area contributed by atoms with Crippen LogP contribution >= 0.6 is 27.7 Å². The van der Waals surface area contributed by atoms with Crippen molar-refractivity contribution in [2.75, 3.05) is 10.7 Å². The number of nitrogens with zero attached hydrogens (tertiary/aromatic N) is 3. The second kappa shape index (κ2) is 7.25. The van der Waals surface area contributed by atoms with Crippen LogP contribution in [-0.4, -0.2) is 27.9 Å². The first-order chi connectivity index (χ1) is 12.6. The third-order valence-electron chi connectivity index (χ3n) is 4.27. The molecule has 0 radical (unpaired) electrons. The Morgan fingerprint density at radius 3 is 2.96 bits per heavy atom. The highest BCUT2D eigenvalue weighted by Crippen LogP contribution is 2.33. The van der Waals surface area contributed by atoms with Crippen molar-refractivity contribution < 1.29 is 9.21 Å². The quantitative estimate of drug-likeness (QED) is 0.568. The van der Waals surface area contributed by atoms with Gasteiger partial charge in [-0.25, -0.2) is 0 Å². The van der Waals surface area contributed by atoms with Crippen LogP contribution in [0.2, 0.25) is 0 Å². The van der Waals surface area contributed by atoms with E-state index < -0.39 is 0 Å². The molecule has 0 N–H and O–H groups in total. The van der Waals surface area contributed by atoms with Crippen LogP contribution in [0.5, 0.6) is 0 Å². The highest BCUT2D eigenvalue weighted by molar-refractivity contribution is 9.10. The van der Waals surface area contributed by atoms with Crippen LogP contribution in [0, 0.1) is 0 Å². The summed E-state index contributed by atoms with van der Waals surface area (Å²) < 4.78 is 6.63. The van der Waals surface area contributed by atoms with Crippen molar-refractivity contribution in [3.05, 3.63) is 58.6 Å². The maximum atomic E-state index is 12.7. The molecule has 0 fully saturated rings. The number of carbonyl (C=O) groups excluding carboxylic acids is 1. The van der Waals surface area contributed by atoms with Crippen molar-refractivity contribution in [3.63, 3.8) is 0 Å². The lowest BCUT2D eigenvalue weighted by Gasteiger charge is -2.22. The van der Waals surface area contributed by atoms with Gasteiger partial charge in [-0.05, 0) is 43.2 Å². The molecule has 7 heteroatoms. The van der Waals surface area contributed by atoms with E-state index in [9.17, 15) is 4.79 Å². The second-order valence-electron chi connectivity index (χ2n) is 6.12. The maximum Gasteiger partial charge on any atom is 0.277 e. The van der Waals surface area contributed by atoms with Gasteiger partial charge in [0.15, 0.2) is 0 Å². The number of rotatable bonds is 4. The van der Waals surface area contributed by atoms with Crippen LogP contribution in [0.25, 0.3) is 11.5 Å². The fourth-order valence-corrected chi connectivity index (χ4v) is 4.17. The molecule has 2 aromatic carbocycles. The van der Waals surface area contributed by atoms with Crippen LogP contribution < -0.4 is 4.90 Å². The summed E-state index contributed by atoms with van der Waals surface area (Å²) in [6.07, 6.45) is 0.889. The van der Waals surface area contributed by atoms with E-state index in [-0.39, 0.29) is 17.7 Å². The van der Waals surface area contributed by atoms with Gasteiger partial charge in [-0.15, -0.1) is 10.2 Å². The summed E-state index contributed by atoms with van der Waals surface area (Å²) in [6.45, 7) is 2.07. The summed E-state index contributed by atoms with van der Waals surface area (Å²) in [5.41, 5.74) is 3.06. The molecule has 1 aliphatic heterocycles. The Hall–Kier alpha value is -2.12. The molecule has 0 saturated heterocycles. The van der Waals surface area contributed by atoms with Crippen LogP contribution in [0.15, 0.2) is 62.6 Å². The van der Waals surface area contributed by atoms with Gasteiger partial charge in [-0.1, -0.05) is 52.0 Å². The summed E-state index contributed by atoms with van der Waals surface area (Å²) in [4.78, 5) is 14.6. The average molecular weight is 430 g/mol. The summed E-state index contributed by atoms with van der Waals surface area (Å²) >= 11 is 4.70. The van der Waals surface area contributed by atoms with E-state index in [4.69, 9.17) is 4.42 Å². The van der Waals surface area contributed by atoms with Crippen molar-refractivity contribution >= 4 is 39.3 Å². The number of benzene rings is 2. The average Bonchev–Trinajstić information content (AvgIpc) is 3.23. The van der Waals surface area contributed by atoms with Crippen molar-refractivity contribution in [3.8, 4) is 11.5 Å². The van der Waals surface area contributed by atoms with Crippen LogP contribution in [0.1, 0.15) is 12.5 Å². The molecule has 0 saturated carbocycles. The van der Waals surface area contributed by atoms with E-state index in [1.807, 2.05) is 47.4 Å². The maximum absolute atomic E-state index is 12.7. The highest BCUT2D eigenvalue weighted by Gasteiger charge is 2.30. The largest absolute Gasteiger partial charge is 0.411 e. The Morgan fingerprint density at radius 1 is 1.27 bits per heavy atom. The van der Waals surface area contributed by atoms with Gasteiger partial charge < -0.3 is 9.32 Å².